The molecule has 1 aromatic heterocycles. The maximum absolute atomic E-state index is 13.3. The molecule has 0 unspecified atom stereocenters. The summed E-state index contributed by atoms with van der Waals surface area (Å²) < 4.78 is 19.8. The van der Waals surface area contributed by atoms with Gasteiger partial charge in [0.1, 0.15) is 0 Å². The van der Waals surface area contributed by atoms with E-state index in [2.05, 4.69) is 11.2 Å². The van der Waals surface area contributed by atoms with E-state index in [1.165, 1.54) is 13.2 Å². The van der Waals surface area contributed by atoms with E-state index in [0.717, 1.165) is 5.56 Å². The predicted octanol–water partition coefficient (Wildman–Crippen LogP) is 1.88. The summed E-state index contributed by atoms with van der Waals surface area (Å²) >= 11 is 0. The largest absolute Gasteiger partial charge is 0.494 e. The van der Waals surface area contributed by atoms with Crippen LogP contribution in [0.15, 0.2) is 30.6 Å². The smallest absolute Gasteiger partial charge is 0.165 e. The third-order valence-corrected chi connectivity index (χ3v) is 2.06. The number of aromatic nitrogens is 2. The Morgan fingerprint density at radius 3 is 3.00 bits per heavy atom. The second-order valence-electron chi connectivity index (χ2n) is 3.11. The van der Waals surface area contributed by atoms with Gasteiger partial charge in [-0.3, -0.25) is 4.68 Å². The molecule has 2 aromatic rings. The Bertz CT molecular complexity index is 440. The van der Waals surface area contributed by atoms with Gasteiger partial charge in [-0.2, -0.15) is 5.10 Å². The fourth-order valence-electron chi connectivity index (χ4n) is 1.34. The van der Waals surface area contributed by atoms with Crippen molar-refractivity contribution in [1.29, 1.82) is 0 Å². The Balaban J connectivity index is 2.20. The molecule has 0 saturated heterocycles. The van der Waals surface area contributed by atoms with Crippen LogP contribution in [-0.2, 0) is 6.54 Å². The summed E-state index contributed by atoms with van der Waals surface area (Å²) in [7, 11) is 1.44. The van der Waals surface area contributed by atoms with E-state index in [4.69, 9.17) is 4.74 Å². The SMILES string of the molecule is COc1ccc(Cn2c[c]cn2)cc1F. The van der Waals surface area contributed by atoms with Crippen molar-refractivity contribution < 1.29 is 9.13 Å². The first-order valence-electron chi connectivity index (χ1n) is 4.50. The van der Waals surface area contributed by atoms with E-state index in [1.807, 2.05) is 6.07 Å². The molecule has 0 aliphatic rings. The minimum Gasteiger partial charge on any atom is -0.494 e. The molecular formula is C11H10FN2O. The highest BCUT2D eigenvalue weighted by Gasteiger charge is 2.03. The van der Waals surface area contributed by atoms with Gasteiger partial charge in [0.25, 0.3) is 0 Å². The molecule has 15 heavy (non-hydrogen) atoms. The monoisotopic (exact) mass is 205 g/mol. The molecule has 0 atom stereocenters. The Labute approximate surface area is 87.1 Å². The number of methoxy groups -OCH3 is 1. The van der Waals surface area contributed by atoms with E-state index in [9.17, 15) is 4.39 Å². The molecule has 1 radical (unpaired) electrons. The normalized spacial score (nSPS) is 10.3. The van der Waals surface area contributed by atoms with Crippen LogP contribution in [0.1, 0.15) is 5.56 Å². The second-order valence-corrected chi connectivity index (χ2v) is 3.11. The van der Waals surface area contributed by atoms with Crippen LogP contribution in [0.2, 0.25) is 0 Å². The number of rotatable bonds is 3. The third kappa shape index (κ3) is 2.15. The second kappa shape index (κ2) is 4.13. The Kier molecular flexibility index (Phi) is 2.67. The number of hydrogen-bond acceptors (Lipinski definition) is 2. The van der Waals surface area contributed by atoms with Gasteiger partial charge in [-0.1, -0.05) is 6.07 Å². The van der Waals surface area contributed by atoms with Gasteiger partial charge in [-0.15, -0.1) is 0 Å². The van der Waals surface area contributed by atoms with Crippen molar-refractivity contribution >= 4 is 0 Å². The van der Waals surface area contributed by atoms with Crippen molar-refractivity contribution in [3.05, 3.63) is 48.0 Å². The zero-order valence-electron chi connectivity index (χ0n) is 8.27. The predicted molar refractivity (Wildman–Crippen MR) is 53.1 cm³/mol. The van der Waals surface area contributed by atoms with Crippen LogP contribution in [0.5, 0.6) is 5.75 Å². The van der Waals surface area contributed by atoms with Gasteiger partial charge < -0.3 is 4.74 Å². The Morgan fingerprint density at radius 1 is 1.53 bits per heavy atom. The van der Waals surface area contributed by atoms with E-state index in [0.29, 0.717) is 6.54 Å². The Hall–Kier alpha value is -1.84. The molecule has 3 nitrogen and oxygen atoms in total. The van der Waals surface area contributed by atoms with Gasteiger partial charge in [0.15, 0.2) is 11.6 Å². The molecule has 0 aliphatic heterocycles. The van der Waals surface area contributed by atoms with Crippen LogP contribution in [-0.4, -0.2) is 16.9 Å². The van der Waals surface area contributed by atoms with E-state index in [-0.39, 0.29) is 11.6 Å². The quantitative estimate of drug-likeness (QED) is 0.765. The first-order chi connectivity index (χ1) is 7.29. The molecule has 1 aromatic carbocycles. The lowest BCUT2D eigenvalue weighted by Gasteiger charge is -2.05. The molecule has 0 amide bonds. The zero-order chi connectivity index (χ0) is 10.7. The van der Waals surface area contributed by atoms with E-state index < -0.39 is 0 Å². The van der Waals surface area contributed by atoms with Gasteiger partial charge >= 0.3 is 0 Å². The molecular weight excluding hydrogens is 195 g/mol. The summed E-state index contributed by atoms with van der Waals surface area (Å²) in [6.07, 6.45) is 3.28. The number of nitrogens with zero attached hydrogens (tertiary/aromatic N) is 2. The molecule has 77 valence electrons. The van der Waals surface area contributed by atoms with E-state index in [1.54, 1.807) is 23.1 Å². The standard InChI is InChI=1S/C11H10FN2O/c1-15-11-4-3-9(7-10(11)12)8-14-6-2-5-13-14/h3-7H,8H2,1H3. The summed E-state index contributed by atoms with van der Waals surface area (Å²) in [4.78, 5) is 0. The van der Waals surface area contributed by atoms with Crippen molar-refractivity contribution in [1.82, 2.24) is 9.78 Å². The molecule has 0 aliphatic carbocycles. The summed E-state index contributed by atoms with van der Waals surface area (Å²) in [5.41, 5.74) is 0.838. The van der Waals surface area contributed by atoms with Crippen molar-refractivity contribution in [2.75, 3.05) is 7.11 Å². The van der Waals surface area contributed by atoms with Crippen LogP contribution < -0.4 is 4.74 Å². The molecule has 0 bridgehead atoms. The lowest BCUT2D eigenvalue weighted by molar-refractivity contribution is 0.386. The maximum atomic E-state index is 13.3. The average molecular weight is 205 g/mol. The molecule has 1 heterocycles. The van der Waals surface area contributed by atoms with Gasteiger partial charge in [-0.05, 0) is 17.7 Å². The highest BCUT2D eigenvalue weighted by molar-refractivity contribution is 5.29. The highest BCUT2D eigenvalue weighted by Crippen LogP contribution is 2.17. The summed E-state index contributed by atoms with van der Waals surface area (Å²) in [5, 5.41) is 3.99. The number of halogens is 1. The lowest BCUT2D eigenvalue weighted by Crippen LogP contribution is -2.00. The summed E-state index contributed by atoms with van der Waals surface area (Å²) in [5.74, 6) is -0.100. The van der Waals surface area contributed by atoms with Crippen LogP contribution in [0.25, 0.3) is 0 Å². The van der Waals surface area contributed by atoms with Crippen LogP contribution >= 0.6 is 0 Å². The lowest BCUT2D eigenvalue weighted by atomic mass is 10.2. The minimum absolute atomic E-state index is 0.255. The molecule has 0 saturated carbocycles. The van der Waals surface area contributed by atoms with Crippen LogP contribution in [0.4, 0.5) is 4.39 Å². The van der Waals surface area contributed by atoms with E-state index >= 15 is 0 Å². The number of benzene rings is 1. The Morgan fingerprint density at radius 2 is 2.40 bits per heavy atom. The fraction of sp³-hybridized carbons (Fsp3) is 0.182. The van der Waals surface area contributed by atoms with Crippen molar-refractivity contribution in [3.8, 4) is 5.75 Å². The topological polar surface area (TPSA) is 27.1 Å². The molecule has 0 N–H and O–H groups in total. The van der Waals surface area contributed by atoms with Crippen LogP contribution in [0.3, 0.4) is 0 Å². The highest BCUT2D eigenvalue weighted by atomic mass is 19.1. The molecule has 0 fully saturated rings. The average Bonchev–Trinajstić information content (AvgIpc) is 2.71. The van der Waals surface area contributed by atoms with Crippen molar-refractivity contribution in [2.24, 2.45) is 0 Å². The maximum Gasteiger partial charge on any atom is 0.165 e. The molecule has 0 spiro atoms. The van der Waals surface area contributed by atoms with Crippen molar-refractivity contribution in [2.45, 2.75) is 6.54 Å². The van der Waals surface area contributed by atoms with Crippen molar-refractivity contribution in [3.63, 3.8) is 0 Å². The first kappa shape index (κ1) is 9.71. The summed E-state index contributed by atoms with van der Waals surface area (Å²) in [6, 6.07) is 7.68. The first-order valence-corrected chi connectivity index (χ1v) is 4.50. The fourth-order valence-corrected chi connectivity index (χ4v) is 1.34. The number of hydrogen-bond donors (Lipinski definition) is 0. The van der Waals surface area contributed by atoms with Gasteiger partial charge in [0.2, 0.25) is 0 Å². The van der Waals surface area contributed by atoms with Gasteiger partial charge in [0.05, 0.1) is 19.9 Å². The van der Waals surface area contributed by atoms with Gasteiger partial charge in [-0.25, -0.2) is 4.39 Å². The number of ether oxygens (including phenoxy) is 1. The molecule has 4 heteroatoms. The minimum atomic E-state index is -0.355. The van der Waals surface area contributed by atoms with Crippen LogP contribution in [0, 0.1) is 11.9 Å². The zero-order valence-corrected chi connectivity index (χ0v) is 8.27. The van der Waals surface area contributed by atoms with Gasteiger partial charge in [0, 0.05) is 12.3 Å². The third-order valence-electron chi connectivity index (χ3n) is 2.06. The summed E-state index contributed by atoms with van der Waals surface area (Å²) in [6.45, 7) is 0.532. The molecule has 2 rings (SSSR count).